The van der Waals surface area contributed by atoms with E-state index in [-0.39, 0.29) is 11.6 Å². The predicted octanol–water partition coefficient (Wildman–Crippen LogP) is 4.46. The molecule has 0 saturated carbocycles. The van der Waals surface area contributed by atoms with Crippen molar-refractivity contribution in [1.29, 1.82) is 0 Å². The van der Waals surface area contributed by atoms with E-state index < -0.39 is 0 Å². The van der Waals surface area contributed by atoms with Gasteiger partial charge in [0.25, 0.3) is 0 Å². The number of nitrogens with zero attached hydrogens (tertiary/aromatic N) is 2. The van der Waals surface area contributed by atoms with Gasteiger partial charge in [-0.3, -0.25) is 9.59 Å². The van der Waals surface area contributed by atoms with Crippen molar-refractivity contribution in [2.45, 2.75) is 0 Å². The Morgan fingerprint density at radius 1 is 0.600 bits per heavy atom. The number of carbonyl (C=O) groups excluding carboxylic acids is 2. The van der Waals surface area contributed by atoms with Crippen LogP contribution in [0.1, 0.15) is 31.8 Å². The van der Waals surface area contributed by atoms with Gasteiger partial charge in [0.2, 0.25) is 0 Å². The molecule has 156 valence electrons. The molecule has 0 aliphatic carbocycles. The van der Waals surface area contributed by atoms with Gasteiger partial charge >= 0.3 is 0 Å². The number of likely N-dealkylation sites (N-methyl/N-ethyl adjacent to an activating group) is 2. The monoisotopic (exact) mass is 402 g/mol. The second-order valence-corrected chi connectivity index (χ2v) is 7.67. The summed E-state index contributed by atoms with van der Waals surface area (Å²) in [4.78, 5) is 27.8. The first-order chi connectivity index (χ1) is 14.3. The normalized spacial score (nSPS) is 12.1. The third-order valence-electron chi connectivity index (χ3n) is 4.30. The van der Waals surface area contributed by atoms with E-state index in [0.29, 0.717) is 13.1 Å². The Morgan fingerprint density at radius 2 is 0.933 bits per heavy atom. The fourth-order valence-corrected chi connectivity index (χ4v) is 2.78. The van der Waals surface area contributed by atoms with Crippen LogP contribution in [0.3, 0.4) is 0 Å². The Balaban J connectivity index is 1.85. The van der Waals surface area contributed by atoms with Gasteiger partial charge in [-0.15, -0.1) is 0 Å². The van der Waals surface area contributed by atoms with Crippen LogP contribution in [0.4, 0.5) is 0 Å². The van der Waals surface area contributed by atoms with Gasteiger partial charge in [-0.05, 0) is 39.3 Å². The SMILES string of the molecule is CN(C)CC(=O)c1ccc(/C=C/C=C/C=C/c2ccc(C(=O)CN(C)C)cc2)cc1. The molecule has 0 aliphatic heterocycles. The Bertz CT molecular complexity index is 841. The van der Waals surface area contributed by atoms with E-state index >= 15 is 0 Å². The Kier molecular flexibility index (Phi) is 9.13. The molecule has 0 aliphatic rings. The average molecular weight is 403 g/mol. The topological polar surface area (TPSA) is 40.6 Å². The maximum atomic E-state index is 12.0. The standard InChI is InChI=1S/C26H30N2O2/c1-27(2)19-25(29)23-15-11-21(12-16-23)9-7-5-6-8-10-22-13-17-24(18-14-22)26(30)20-28(3)4/h5-18H,19-20H2,1-4H3/b6-5+,9-7+,10-8+. The van der Waals surface area contributed by atoms with Gasteiger partial charge in [0.15, 0.2) is 11.6 Å². The van der Waals surface area contributed by atoms with Crippen molar-refractivity contribution < 1.29 is 9.59 Å². The molecule has 0 fully saturated rings. The van der Waals surface area contributed by atoms with Crippen LogP contribution < -0.4 is 0 Å². The van der Waals surface area contributed by atoms with Gasteiger partial charge in [-0.1, -0.05) is 85.0 Å². The minimum atomic E-state index is 0.121. The molecule has 0 aromatic heterocycles. The van der Waals surface area contributed by atoms with Crippen molar-refractivity contribution >= 4 is 23.7 Å². The van der Waals surface area contributed by atoms with E-state index in [1.807, 2.05) is 123 Å². The van der Waals surface area contributed by atoms with E-state index in [2.05, 4.69) is 0 Å². The minimum absolute atomic E-state index is 0.121. The Hall–Kier alpha value is -3.08. The maximum absolute atomic E-state index is 12.0. The summed E-state index contributed by atoms with van der Waals surface area (Å²) >= 11 is 0. The molecule has 2 aromatic rings. The number of ketones is 2. The van der Waals surface area contributed by atoms with Crippen molar-refractivity contribution in [2.24, 2.45) is 0 Å². The summed E-state index contributed by atoms with van der Waals surface area (Å²) in [6.45, 7) is 0.832. The van der Waals surface area contributed by atoms with Gasteiger partial charge in [-0.2, -0.15) is 0 Å². The van der Waals surface area contributed by atoms with Gasteiger partial charge in [0.05, 0.1) is 13.1 Å². The lowest BCUT2D eigenvalue weighted by Gasteiger charge is -2.08. The molecular weight excluding hydrogens is 372 g/mol. The molecule has 2 rings (SSSR count). The Morgan fingerprint density at radius 3 is 1.23 bits per heavy atom. The van der Waals surface area contributed by atoms with Crippen LogP contribution in [0, 0.1) is 0 Å². The lowest BCUT2D eigenvalue weighted by Crippen LogP contribution is -2.21. The molecule has 0 unspecified atom stereocenters. The molecular formula is C26H30N2O2. The van der Waals surface area contributed by atoms with Crippen LogP contribution in [-0.4, -0.2) is 62.6 Å². The highest BCUT2D eigenvalue weighted by molar-refractivity contribution is 5.98. The molecule has 4 nitrogen and oxygen atoms in total. The molecule has 0 atom stereocenters. The summed E-state index contributed by atoms with van der Waals surface area (Å²) in [5, 5.41) is 0. The molecule has 0 radical (unpaired) electrons. The lowest BCUT2D eigenvalue weighted by molar-refractivity contribution is 0.0949. The lowest BCUT2D eigenvalue weighted by atomic mass is 10.1. The molecule has 30 heavy (non-hydrogen) atoms. The highest BCUT2D eigenvalue weighted by atomic mass is 16.1. The summed E-state index contributed by atoms with van der Waals surface area (Å²) < 4.78 is 0. The third-order valence-corrected chi connectivity index (χ3v) is 4.30. The molecule has 4 heteroatoms. The van der Waals surface area contributed by atoms with Gasteiger partial charge in [0.1, 0.15) is 0 Å². The maximum Gasteiger partial charge on any atom is 0.176 e. The first kappa shape index (κ1) is 23.2. The zero-order chi connectivity index (χ0) is 21.9. The second kappa shape index (κ2) is 11.8. The van der Waals surface area contributed by atoms with Gasteiger partial charge in [0, 0.05) is 11.1 Å². The van der Waals surface area contributed by atoms with Crippen molar-refractivity contribution in [2.75, 3.05) is 41.3 Å². The van der Waals surface area contributed by atoms with Crippen molar-refractivity contribution in [3.63, 3.8) is 0 Å². The summed E-state index contributed by atoms with van der Waals surface area (Å²) in [5.74, 6) is 0.242. The Labute approximate surface area is 179 Å². The molecule has 0 amide bonds. The van der Waals surface area contributed by atoms with E-state index in [1.165, 1.54) is 0 Å². The molecule has 0 heterocycles. The molecule has 2 aromatic carbocycles. The molecule has 0 bridgehead atoms. The molecule has 0 saturated heterocycles. The molecule has 0 N–H and O–H groups in total. The number of rotatable bonds is 10. The highest BCUT2D eigenvalue weighted by Gasteiger charge is 2.06. The van der Waals surface area contributed by atoms with Crippen LogP contribution in [0.15, 0.2) is 72.8 Å². The number of hydrogen-bond acceptors (Lipinski definition) is 4. The van der Waals surface area contributed by atoms with Crippen LogP contribution in [0.2, 0.25) is 0 Å². The first-order valence-corrected chi connectivity index (χ1v) is 9.92. The van der Waals surface area contributed by atoms with Crippen molar-refractivity contribution in [3.05, 3.63) is 95.1 Å². The van der Waals surface area contributed by atoms with Gasteiger partial charge < -0.3 is 9.80 Å². The summed E-state index contributed by atoms with van der Waals surface area (Å²) in [6, 6.07) is 15.2. The highest BCUT2D eigenvalue weighted by Crippen LogP contribution is 2.09. The van der Waals surface area contributed by atoms with E-state index in [4.69, 9.17) is 0 Å². The zero-order valence-corrected chi connectivity index (χ0v) is 18.2. The summed E-state index contributed by atoms with van der Waals surface area (Å²) in [7, 11) is 7.55. The fraction of sp³-hybridized carbons (Fsp3) is 0.231. The summed E-state index contributed by atoms with van der Waals surface area (Å²) in [6.07, 6.45) is 11.8. The fourth-order valence-electron chi connectivity index (χ4n) is 2.78. The van der Waals surface area contributed by atoms with E-state index in [1.54, 1.807) is 0 Å². The van der Waals surface area contributed by atoms with Crippen molar-refractivity contribution in [1.82, 2.24) is 9.80 Å². The number of carbonyl (C=O) groups is 2. The van der Waals surface area contributed by atoms with Gasteiger partial charge in [-0.25, -0.2) is 0 Å². The molecule has 0 spiro atoms. The number of allylic oxidation sites excluding steroid dienone is 4. The quantitative estimate of drug-likeness (QED) is 0.435. The largest absolute Gasteiger partial charge is 0.302 e. The number of Topliss-reactive ketones (excluding diaryl/α,β-unsaturated/α-hetero) is 2. The van der Waals surface area contributed by atoms with E-state index in [0.717, 1.165) is 22.3 Å². The van der Waals surface area contributed by atoms with Crippen molar-refractivity contribution in [3.8, 4) is 0 Å². The minimum Gasteiger partial charge on any atom is -0.302 e. The predicted molar refractivity (Wildman–Crippen MR) is 126 cm³/mol. The second-order valence-electron chi connectivity index (χ2n) is 7.67. The number of hydrogen-bond donors (Lipinski definition) is 0. The third kappa shape index (κ3) is 8.11. The van der Waals surface area contributed by atoms with Crippen LogP contribution in [-0.2, 0) is 0 Å². The smallest absolute Gasteiger partial charge is 0.176 e. The van der Waals surface area contributed by atoms with Crippen LogP contribution >= 0.6 is 0 Å². The van der Waals surface area contributed by atoms with Crippen LogP contribution in [0.5, 0.6) is 0 Å². The average Bonchev–Trinajstić information content (AvgIpc) is 2.70. The summed E-state index contributed by atoms with van der Waals surface area (Å²) in [5.41, 5.74) is 3.55. The van der Waals surface area contributed by atoms with Crippen LogP contribution in [0.25, 0.3) is 12.2 Å². The first-order valence-electron chi connectivity index (χ1n) is 9.92. The zero-order valence-electron chi connectivity index (χ0n) is 18.2. The number of benzene rings is 2. The van der Waals surface area contributed by atoms with E-state index in [9.17, 15) is 9.59 Å².